The molecule has 0 saturated carbocycles. The third-order valence-corrected chi connectivity index (χ3v) is 8.52. The highest BCUT2D eigenvalue weighted by molar-refractivity contribution is 5.75. The summed E-state index contributed by atoms with van der Waals surface area (Å²) in [6.45, 7) is 5.38. The van der Waals surface area contributed by atoms with Crippen LogP contribution in [0.15, 0.2) is 24.3 Å². The first-order valence-electron chi connectivity index (χ1n) is 13.1. The molecule has 174 valence electrons. The number of benzene rings is 2. The van der Waals surface area contributed by atoms with Crippen molar-refractivity contribution >= 4 is 5.91 Å². The van der Waals surface area contributed by atoms with Crippen LogP contribution < -0.4 is 9.47 Å². The van der Waals surface area contributed by atoms with Crippen LogP contribution in [0.2, 0.25) is 0 Å². The Morgan fingerprint density at radius 3 is 1.82 bits per heavy atom. The second kappa shape index (κ2) is 8.70. The molecule has 0 aromatic heterocycles. The van der Waals surface area contributed by atoms with Gasteiger partial charge < -0.3 is 14.4 Å². The van der Waals surface area contributed by atoms with Crippen molar-refractivity contribution in [3.63, 3.8) is 0 Å². The highest BCUT2D eigenvalue weighted by atomic mass is 16.5. The van der Waals surface area contributed by atoms with Crippen molar-refractivity contribution in [2.24, 2.45) is 0 Å². The Morgan fingerprint density at radius 2 is 1.33 bits per heavy atom. The highest BCUT2D eigenvalue weighted by Gasteiger charge is 2.32. The number of fused-ring (bicyclic) bond motifs is 6. The number of hydrogen-bond acceptors (Lipinski definition) is 3. The van der Waals surface area contributed by atoms with Crippen molar-refractivity contribution < 1.29 is 14.3 Å². The Bertz CT molecular complexity index is 998. The molecular formula is C29H35NO3. The lowest BCUT2D eigenvalue weighted by atomic mass is 9.91. The lowest BCUT2D eigenvalue weighted by Gasteiger charge is -2.26. The summed E-state index contributed by atoms with van der Waals surface area (Å²) in [5.41, 5.74) is 9.01. The van der Waals surface area contributed by atoms with Crippen molar-refractivity contribution in [3.05, 3.63) is 57.6 Å². The summed E-state index contributed by atoms with van der Waals surface area (Å²) in [5, 5.41) is 0. The average molecular weight is 446 g/mol. The molecular weight excluding hydrogens is 410 g/mol. The summed E-state index contributed by atoms with van der Waals surface area (Å²) in [4.78, 5) is 15.0. The van der Waals surface area contributed by atoms with E-state index in [1.807, 2.05) is 6.92 Å². The SMILES string of the molecule is CCC(=O)N(CCC1CCc2ccc3c(c21)CCO3)CCC1CCc2ccc3c(c21)CCO3. The lowest BCUT2D eigenvalue weighted by molar-refractivity contribution is -0.131. The fourth-order valence-electron chi connectivity index (χ4n) is 6.89. The van der Waals surface area contributed by atoms with Crippen LogP contribution >= 0.6 is 0 Å². The van der Waals surface area contributed by atoms with E-state index in [4.69, 9.17) is 9.47 Å². The smallest absolute Gasteiger partial charge is 0.222 e. The number of nitrogens with zero attached hydrogens (tertiary/aromatic N) is 1. The van der Waals surface area contributed by atoms with Crippen molar-refractivity contribution in [2.75, 3.05) is 26.3 Å². The molecule has 4 heteroatoms. The molecule has 1 amide bonds. The molecule has 2 aromatic rings. The molecule has 0 fully saturated rings. The van der Waals surface area contributed by atoms with Crippen LogP contribution in [0, 0.1) is 0 Å². The predicted octanol–water partition coefficient (Wildman–Crippen LogP) is 5.34. The van der Waals surface area contributed by atoms with Crippen LogP contribution in [0.25, 0.3) is 0 Å². The van der Waals surface area contributed by atoms with Gasteiger partial charge in [0, 0.05) is 43.5 Å². The number of rotatable bonds is 7. The van der Waals surface area contributed by atoms with Gasteiger partial charge in [-0.25, -0.2) is 0 Å². The molecule has 0 N–H and O–H groups in total. The minimum Gasteiger partial charge on any atom is -0.493 e. The summed E-state index contributed by atoms with van der Waals surface area (Å²) in [6.07, 6.45) is 9.57. The first-order valence-corrected chi connectivity index (χ1v) is 13.1. The molecule has 2 aliphatic heterocycles. The first kappa shape index (κ1) is 21.1. The van der Waals surface area contributed by atoms with Gasteiger partial charge in [0.1, 0.15) is 11.5 Å². The number of aryl methyl sites for hydroxylation is 2. The van der Waals surface area contributed by atoms with Gasteiger partial charge in [0.25, 0.3) is 0 Å². The fourth-order valence-corrected chi connectivity index (χ4v) is 6.89. The zero-order valence-corrected chi connectivity index (χ0v) is 19.8. The maximum atomic E-state index is 12.9. The Labute approximate surface area is 197 Å². The molecule has 4 nitrogen and oxygen atoms in total. The number of carbonyl (C=O) groups is 1. The molecule has 2 atom stereocenters. The van der Waals surface area contributed by atoms with Gasteiger partial charge in [0.2, 0.25) is 5.91 Å². The van der Waals surface area contributed by atoms with E-state index in [0.717, 1.165) is 63.5 Å². The van der Waals surface area contributed by atoms with E-state index in [0.29, 0.717) is 24.2 Å². The molecule has 0 radical (unpaired) electrons. The Balaban J connectivity index is 1.14. The van der Waals surface area contributed by atoms with Crippen molar-refractivity contribution in [1.82, 2.24) is 4.90 Å². The third-order valence-electron chi connectivity index (χ3n) is 8.52. The minimum absolute atomic E-state index is 0.301. The summed E-state index contributed by atoms with van der Waals surface area (Å²) >= 11 is 0. The van der Waals surface area contributed by atoms with Gasteiger partial charge in [-0.05, 0) is 84.7 Å². The Morgan fingerprint density at radius 1 is 0.818 bits per heavy atom. The van der Waals surface area contributed by atoms with Gasteiger partial charge in [-0.15, -0.1) is 0 Å². The zero-order chi connectivity index (χ0) is 22.4. The molecule has 2 heterocycles. The summed E-state index contributed by atoms with van der Waals surface area (Å²) in [7, 11) is 0. The van der Waals surface area contributed by atoms with Gasteiger partial charge in [-0.2, -0.15) is 0 Å². The van der Waals surface area contributed by atoms with Crippen LogP contribution in [0.1, 0.15) is 84.2 Å². The Kier molecular flexibility index (Phi) is 5.55. The minimum atomic E-state index is 0.301. The van der Waals surface area contributed by atoms with Crippen LogP contribution in [-0.2, 0) is 30.5 Å². The van der Waals surface area contributed by atoms with Crippen molar-refractivity contribution in [3.8, 4) is 11.5 Å². The largest absolute Gasteiger partial charge is 0.493 e. The van der Waals surface area contributed by atoms with Crippen molar-refractivity contribution in [1.29, 1.82) is 0 Å². The average Bonchev–Trinajstić information content (AvgIpc) is 3.62. The standard InChI is InChI=1S/C29H35NO3/c1-2-27(31)30(15-11-21-5-3-19-7-9-25-23(28(19)21)13-17-32-25)16-12-22-6-4-20-8-10-26-24(29(20)22)14-18-33-26/h7-10,21-22H,2-6,11-18H2,1H3. The number of amides is 1. The summed E-state index contributed by atoms with van der Waals surface area (Å²) in [6, 6.07) is 8.87. The molecule has 0 bridgehead atoms. The maximum absolute atomic E-state index is 12.9. The van der Waals surface area contributed by atoms with E-state index in [-0.39, 0.29) is 0 Å². The maximum Gasteiger partial charge on any atom is 0.222 e. The van der Waals surface area contributed by atoms with E-state index in [2.05, 4.69) is 29.2 Å². The second-order valence-electron chi connectivity index (χ2n) is 10.2. The van der Waals surface area contributed by atoms with E-state index in [1.54, 1.807) is 11.1 Å². The first-order chi connectivity index (χ1) is 16.2. The number of hydrogen-bond donors (Lipinski definition) is 0. The molecule has 2 aromatic carbocycles. The molecule has 6 rings (SSSR count). The van der Waals surface area contributed by atoms with Gasteiger partial charge >= 0.3 is 0 Å². The predicted molar refractivity (Wildman–Crippen MR) is 130 cm³/mol. The fraction of sp³-hybridized carbons (Fsp3) is 0.552. The summed E-state index contributed by atoms with van der Waals surface area (Å²) < 4.78 is 11.7. The van der Waals surface area contributed by atoms with Crippen LogP contribution in [0.5, 0.6) is 11.5 Å². The van der Waals surface area contributed by atoms with Crippen LogP contribution in [-0.4, -0.2) is 37.1 Å². The van der Waals surface area contributed by atoms with Gasteiger partial charge in [0.05, 0.1) is 13.2 Å². The van der Waals surface area contributed by atoms with Gasteiger partial charge in [-0.1, -0.05) is 19.1 Å². The topological polar surface area (TPSA) is 38.8 Å². The normalized spacial score (nSPS) is 21.7. The highest BCUT2D eigenvalue weighted by Crippen LogP contribution is 2.45. The molecule has 0 spiro atoms. The van der Waals surface area contributed by atoms with E-state index in [1.165, 1.54) is 47.9 Å². The zero-order valence-electron chi connectivity index (χ0n) is 19.8. The third kappa shape index (κ3) is 3.72. The molecule has 2 aliphatic carbocycles. The molecule has 0 saturated heterocycles. The van der Waals surface area contributed by atoms with Crippen LogP contribution in [0.4, 0.5) is 0 Å². The number of ether oxygens (including phenoxy) is 2. The van der Waals surface area contributed by atoms with E-state index < -0.39 is 0 Å². The monoisotopic (exact) mass is 445 g/mol. The number of carbonyl (C=O) groups excluding carboxylic acids is 1. The van der Waals surface area contributed by atoms with Gasteiger partial charge in [0.15, 0.2) is 0 Å². The molecule has 33 heavy (non-hydrogen) atoms. The van der Waals surface area contributed by atoms with Gasteiger partial charge in [-0.3, -0.25) is 4.79 Å². The van der Waals surface area contributed by atoms with E-state index >= 15 is 0 Å². The quantitative estimate of drug-likeness (QED) is 0.578. The van der Waals surface area contributed by atoms with E-state index in [9.17, 15) is 4.79 Å². The molecule has 4 aliphatic rings. The lowest BCUT2D eigenvalue weighted by Crippen LogP contribution is -2.33. The second-order valence-corrected chi connectivity index (χ2v) is 10.2. The van der Waals surface area contributed by atoms with Crippen LogP contribution in [0.3, 0.4) is 0 Å². The van der Waals surface area contributed by atoms with Crippen molar-refractivity contribution in [2.45, 2.75) is 76.5 Å². The summed E-state index contributed by atoms with van der Waals surface area (Å²) in [5.74, 6) is 3.62. The molecule has 2 unspecified atom stereocenters. The Hall–Kier alpha value is -2.49.